The zero-order chi connectivity index (χ0) is 17.8. The molecule has 0 aliphatic carbocycles. The minimum atomic E-state index is -0.414. The van der Waals surface area contributed by atoms with E-state index in [9.17, 15) is 9.18 Å². The molecule has 0 N–H and O–H groups in total. The maximum Gasteiger partial charge on any atom is 0.227 e. The van der Waals surface area contributed by atoms with Gasteiger partial charge in [0.25, 0.3) is 0 Å². The highest BCUT2D eigenvalue weighted by molar-refractivity contribution is 6.31. The molecule has 0 saturated carbocycles. The topological polar surface area (TPSA) is 38.1 Å². The molecule has 0 bridgehead atoms. The molecule has 0 atom stereocenters. The number of carbonyl (C=O) groups excluding carboxylic acids is 1. The highest BCUT2D eigenvalue weighted by atomic mass is 35.5. The number of aromatic nitrogens is 2. The van der Waals surface area contributed by atoms with E-state index in [4.69, 9.17) is 11.6 Å². The molecule has 1 fully saturated rings. The SMILES string of the molecule is CCc1nccn1CC1CCN(C(=O)Cc2c(F)cccc2Cl)CC1. The molecule has 1 aliphatic heterocycles. The lowest BCUT2D eigenvalue weighted by Crippen LogP contribution is -2.40. The first-order valence-corrected chi connectivity index (χ1v) is 9.17. The highest BCUT2D eigenvalue weighted by Gasteiger charge is 2.24. The Bertz CT molecular complexity index is 718. The Morgan fingerprint density at radius 2 is 2.12 bits per heavy atom. The van der Waals surface area contributed by atoms with E-state index in [1.165, 1.54) is 6.07 Å². The van der Waals surface area contributed by atoms with E-state index in [0.29, 0.717) is 29.6 Å². The Morgan fingerprint density at radius 3 is 2.80 bits per heavy atom. The van der Waals surface area contributed by atoms with Crippen LogP contribution in [0, 0.1) is 11.7 Å². The summed E-state index contributed by atoms with van der Waals surface area (Å²) in [5.74, 6) is 1.18. The quantitative estimate of drug-likeness (QED) is 0.812. The smallest absolute Gasteiger partial charge is 0.227 e. The third-order valence-electron chi connectivity index (χ3n) is 4.93. The fourth-order valence-corrected chi connectivity index (χ4v) is 3.66. The Balaban J connectivity index is 1.54. The fourth-order valence-electron chi connectivity index (χ4n) is 3.43. The van der Waals surface area contributed by atoms with Crippen molar-refractivity contribution in [3.8, 4) is 0 Å². The molecule has 1 aromatic carbocycles. The van der Waals surface area contributed by atoms with E-state index in [-0.39, 0.29) is 12.3 Å². The number of hydrogen-bond acceptors (Lipinski definition) is 2. The van der Waals surface area contributed by atoms with Crippen LogP contribution in [0.25, 0.3) is 0 Å². The number of aryl methyl sites for hydroxylation is 1. The van der Waals surface area contributed by atoms with E-state index < -0.39 is 5.82 Å². The third-order valence-corrected chi connectivity index (χ3v) is 5.28. The number of carbonyl (C=O) groups is 1. The number of amides is 1. The average molecular weight is 364 g/mol. The number of likely N-dealkylation sites (tertiary alicyclic amines) is 1. The number of rotatable bonds is 5. The van der Waals surface area contributed by atoms with Gasteiger partial charge in [-0.15, -0.1) is 0 Å². The second-order valence-corrected chi connectivity index (χ2v) is 6.96. The first-order valence-electron chi connectivity index (χ1n) is 8.79. The molecular weight excluding hydrogens is 341 g/mol. The van der Waals surface area contributed by atoms with Crippen LogP contribution >= 0.6 is 11.6 Å². The number of piperidine rings is 1. The zero-order valence-corrected chi connectivity index (χ0v) is 15.2. The van der Waals surface area contributed by atoms with Gasteiger partial charge in [-0.25, -0.2) is 9.37 Å². The summed E-state index contributed by atoms with van der Waals surface area (Å²) in [5, 5.41) is 0.315. The predicted octanol–water partition coefficient (Wildman–Crippen LogP) is 3.72. The first kappa shape index (κ1) is 17.9. The number of benzene rings is 1. The molecule has 1 aliphatic rings. The van der Waals surface area contributed by atoms with Crippen LogP contribution in [0.5, 0.6) is 0 Å². The molecule has 3 rings (SSSR count). The van der Waals surface area contributed by atoms with Crippen molar-refractivity contribution in [1.29, 1.82) is 0 Å². The number of hydrogen-bond donors (Lipinski definition) is 0. The summed E-state index contributed by atoms with van der Waals surface area (Å²) >= 11 is 6.02. The van der Waals surface area contributed by atoms with Gasteiger partial charge in [0.1, 0.15) is 11.6 Å². The van der Waals surface area contributed by atoms with Gasteiger partial charge in [-0.3, -0.25) is 4.79 Å². The van der Waals surface area contributed by atoms with Gasteiger partial charge in [0.15, 0.2) is 0 Å². The third kappa shape index (κ3) is 4.21. The van der Waals surface area contributed by atoms with Crippen LogP contribution in [0.4, 0.5) is 4.39 Å². The lowest BCUT2D eigenvalue weighted by molar-refractivity contribution is -0.131. The van der Waals surface area contributed by atoms with Crippen molar-refractivity contribution >= 4 is 17.5 Å². The van der Waals surface area contributed by atoms with Crippen LogP contribution in [0.15, 0.2) is 30.6 Å². The van der Waals surface area contributed by atoms with Crippen LogP contribution in [-0.2, 0) is 24.2 Å². The van der Waals surface area contributed by atoms with Crippen LogP contribution < -0.4 is 0 Å². The molecule has 6 heteroatoms. The van der Waals surface area contributed by atoms with Crippen molar-refractivity contribution in [2.45, 2.75) is 39.2 Å². The fraction of sp³-hybridized carbons (Fsp3) is 0.474. The predicted molar refractivity (Wildman–Crippen MR) is 96.0 cm³/mol. The molecule has 25 heavy (non-hydrogen) atoms. The second kappa shape index (κ2) is 8.00. The van der Waals surface area contributed by atoms with Gasteiger partial charge in [-0.2, -0.15) is 0 Å². The van der Waals surface area contributed by atoms with Crippen LogP contribution in [0.3, 0.4) is 0 Å². The summed E-state index contributed by atoms with van der Waals surface area (Å²) in [6.45, 7) is 4.48. The van der Waals surface area contributed by atoms with E-state index >= 15 is 0 Å². The second-order valence-electron chi connectivity index (χ2n) is 6.55. The molecule has 1 amide bonds. The normalized spacial score (nSPS) is 15.6. The van der Waals surface area contributed by atoms with Crippen molar-refractivity contribution < 1.29 is 9.18 Å². The van der Waals surface area contributed by atoms with Gasteiger partial charge in [0, 0.05) is 49.0 Å². The number of halogens is 2. The zero-order valence-electron chi connectivity index (χ0n) is 14.4. The van der Waals surface area contributed by atoms with Crippen molar-refractivity contribution in [2.24, 2.45) is 5.92 Å². The average Bonchev–Trinajstić information content (AvgIpc) is 3.06. The molecule has 0 unspecified atom stereocenters. The van der Waals surface area contributed by atoms with E-state index in [2.05, 4.69) is 16.5 Å². The Morgan fingerprint density at radius 1 is 1.36 bits per heavy atom. The molecule has 2 heterocycles. The van der Waals surface area contributed by atoms with Crippen molar-refractivity contribution in [3.63, 3.8) is 0 Å². The molecule has 0 spiro atoms. The lowest BCUT2D eigenvalue weighted by Gasteiger charge is -2.32. The molecule has 134 valence electrons. The number of nitrogens with zero attached hydrogens (tertiary/aromatic N) is 3. The maximum absolute atomic E-state index is 13.9. The van der Waals surface area contributed by atoms with Crippen molar-refractivity contribution in [2.75, 3.05) is 13.1 Å². The molecule has 4 nitrogen and oxygen atoms in total. The van der Waals surface area contributed by atoms with Gasteiger partial charge < -0.3 is 9.47 Å². The highest BCUT2D eigenvalue weighted by Crippen LogP contribution is 2.23. The van der Waals surface area contributed by atoms with Gasteiger partial charge in [-0.1, -0.05) is 24.6 Å². The Labute approximate surface area is 152 Å². The van der Waals surface area contributed by atoms with Gasteiger partial charge in [0.2, 0.25) is 5.91 Å². The summed E-state index contributed by atoms with van der Waals surface area (Å²) in [4.78, 5) is 18.7. The standard InChI is InChI=1S/C19H23ClFN3O/c1-2-18-22-8-11-24(18)13-14-6-9-23(10-7-14)19(25)12-15-16(20)4-3-5-17(15)21/h3-5,8,11,14H,2,6-7,9-10,12-13H2,1H3. The van der Waals surface area contributed by atoms with Gasteiger partial charge in [-0.05, 0) is 30.9 Å². The number of imidazole rings is 1. The summed E-state index contributed by atoms with van der Waals surface area (Å²) in [5.41, 5.74) is 0.294. The Hall–Kier alpha value is -1.88. The monoisotopic (exact) mass is 363 g/mol. The van der Waals surface area contributed by atoms with E-state index in [0.717, 1.165) is 31.6 Å². The van der Waals surface area contributed by atoms with Crippen LogP contribution in [-0.4, -0.2) is 33.4 Å². The minimum absolute atomic E-state index is 0.0255. The maximum atomic E-state index is 13.9. The summed E-state index contributed by atoms with van der Waals surface area (Å²) in [7, 11) is 0. The molecule has 0 radical (unpaired) electrons. The molecule has 1 aromatic heterocycles. The summed E-state index contributed by atoms with van der Waals surface area (Å²) in [6, 6.07) is 4.52. The molecule has 2 aromatic rings. The summed E-state index contributed by atoms with van der Waals surface area (Å²) < 4.78 is 16.1. The van der Waals surface area contributed by atoms with Crippen molar-refractivity contribution in [1.82, 2.24) is 14.5 Å². The minimum Gasteiger partial charge on any atom is -0.342 e. The van der Waals surface area contributed by atoms with Gasteiger partial charge >= 0.3 is 0 Å². The largest absolute Gasteiger partial charge is 0.342 e. The van der Waals surface area contributed by atoms with Crippen LogP contribution in [0.2, 0.25) is 5.02 Å². The molecular formula is C19H23ClFN3O. The van der Waals surface area contributed by atoms with E-state index in [1.807, 2.05) is 17.3 Å². The first-order chi connectivity index (χ1) is 12.1. The lowest BCUT2D eigenvalue weighted by atomic mass is 9.96. The Kier molecular flexibility index (Phi) is 5.74. The molecule has 1 saturated heterocycles. The van der Waals surface area contributed by atoms with Crippen LogP contribution in [0.1, 0.15) is 31.2 Å². The summed E-state index contributed by atoms with van der Waals surface area (Å²) in [6.07, 6.45) is 6.73. The van der Waals surface area contributed by atoms with E-state index in [1.54, 1.807) is 12.1 Å². The van der Waals surface area contributed by atoms with Gasteiger partial charge in [0.05, 0.1) is 6.42 Å². The van der Waals surface area contributed by atoms with Crippen molar-refractivity contribution in [3.05, 3.63) is 52.8 Å².